The molecule has 3 nitrogen and oxygen atoms in total. The minimum atomic E-state index is -4.47. The van der Waals surface area contributed by atoms with Gasteiger partial charge >= 0.3 is 6.18 Å². The number of nitrogens with zero attached hydrogens (tertiary/aromatic N) is 1. The van der Waals surface area contributed by atoms with Gasteiger partial charge < -0.3 is 10.2 Å². The number of piperazine rings is 1. The Morgan fingerprint density at radius 1 is 1.30 bits per heavy atom. The number of alkyl halides is 3. The molecule has 1 saturated heterocycles. The molecule has 2 atom stereocenters. The van der Waals surface area contributed by atoms with E-state index in [2.05, 4.69) is 5.32 Å². The number of carbonyl (C=O) groups is 1. The van der Waals surface area contributed by atoms with E-state index < -0.39 is 17.5 Å². The number of benzene rings is 1. The molecule has 0 radical (unpaired) electrons. The first-order valence-electron chi connectivity index (χ1n) is 7.61. The standard InChI is InChI=1S/C16H18ClF3N2O/c1-10-8-21-13(11-2-4-12(17)5-3-11)9-22(10)14(23)15(6-7-15)16(18,19)20/h2-5,10,13,21H,6-9H2,1H3/t10-,13-/m1/s1. The Hall–Kier alpha value is -1.27. The maximum Gasteiger partial charge on any atom is 0.403 e. The summed E-state index contributed by atoms with van der Waals surface area (Å²) in [5.74, 6) is -0.780. The Morgan fingerprint density at radius 3 is 2.43 bits per heavy atom. The quantitative estimate of drug-likeness (QED) is 0.888. The van der Waals surface area contributed by atoms with Crippen molar-refractivity contribution < 1.29 is 18.0 Å². The smallest absolute Gasteiger partial charge is 0.336 e. The lowest BCUT2D eigenvalue weighted by atomic mass is 9.98. The maximum absolute atomic E-state index is 13.2. The molecule has 1 aliphatic carbocycles. The molecular weight excluding hydrogens is 329 g/mol. The average Bonchev–Trinajstić information content (AvgIpc) is 3.29. The molecule has 23 heavy (non-hydrogen) atoms. The van der Waals surface area contributed by atoms with Gasteiger partial charge in [0, 0.05) is 30.2 Å². The van der Waals surface area contributed by atoms with Gasteiger partial charge in [0.25, 0.3) is 0 Å². The first-order chi connectivity index (χ1) is 10.7. The van der Waals surface area contributed by atoms with Crippen LogP contribution in [0.15, 0.2) is 24.3 Å². The van der Waals surface area contributed by atoms with Crippen molar-refractivity contribution in [3.63, 3.8) is 0 Å². The summed E-state index contributed by atoms with van der Waals surface area (Å²) < 4.78 is 39.6. The number of hydrogen-bond acceptors (Lipinski definition) is 2. The normalized spacial score (nSPS) is 26.9. The summed E-state index contributed by atoms with van der Waals surface area (Å²) in [5.41, 5.74) is -1.24. The molecule has 0 spiro atoms. The SMILES string of the molecule is C[C@@H]1CN[C@@H](c2ccc(Cl)cc2)CN1C(=O)C1(C(F)(F)F)CC1. The van der Waals surface area contributed by atoms with Crippen molar-refractivity contribution in [2.45, 2.75) is 38.0 Å². The fraction of sp³-hybridized carbons (Fsp3) is 0.562. The molecule has 0 unspecified atom stereocenters. The Balaban J connectivity index is 1.79. The number of hydrogen-bond donors (Lipinski definition) is 1. The Labute approximate surface area is 137 Å². The van der Waals surface area contributed by atoms with Gasteiger partial charge in [0.15, 0.2) is 0 Å². The Morgan fingerprint density at radius 2 is 1.91 bits per heavy atom. The summed E-state index contributed by atoms with van der Waals surface area (Å²) >= 11 is 5.86. The van der Waals surface area contributed by atoms with Gasteiger partial charge in [-0.05, 0) is 37.5 Å². The molecule has 1 aromatic rings. The molecule has 126 valence electrons. The van der Waals surface area contributed by atoms with Gasteiger partial charge in [-0.2, -0.15) is 13.2 Å². The van der Waals surface area contributed by atoms with Crippen LogP contribution < -0.4 is 5.32 Å². The molecule has 2 fully saturated rings. The van der Waals surface area contributed by atoms with Gasteiger partial charge in [0.05, 0.1) is 0 Å². The molecule has 1 aliphatic heterocycles. The molecule has 0 bridgehead atoms. The van der Waals surface area contributed by atoms with E-state index in [0.717, 1.165) is 5.56 Å². The fourth-order valence-corrected chi connectivity index (χ4v) is 3.21. The molecule has 3 rings (SSSR count). The highest BCUT2D eigenvalue weighted by Gasteiger charge is 2.69. The van der Waals surface area contributed by atoms with Gasteiger partial charge in [-0.3, -0.25) is 4.79 Å². The van der Waals surface area contributed by atoms with Crippen LogP contribution in [0.25, 0.3) is 0 Å². The van der Waals surface area contributed by atoms with Crippen molar-refractivity contribution in [2.24, 2.45) is 5.41 Å². The van der Waals surface area contributed by atoms with Crippen molar-refractivity contribution in [1.82, 2.24) is 10.2 Å². The molecule has 1 saturated carbocycles. The van der Waals surface area contributed by atoms with E-state index in [1.54, 1.807) is 19.1 Å². The average molecular weight is 347 g/mol. The predicted molar refractivity (Wildman–Crippen MR) is 81.1 cm³/mol. The van der Waals surface area contributed by atoms with Crippen LogP contribution in [0.3, 0.4) is 0 Å². The second kappa shape index (κ2) is 5.67. The minimum absolute atomic E-state index is 0.0996. The third-order valence-corrected chi connectivity index (χ3v) is 5.06. The molecule has 1 aromatic carbocycles. The zero-order valence-corrected chi connectivity index (χ0v) is 13.4. The van der Waals surface area contributed by atoms with Crippen LogP contribution in [-0.4, -0.2) is 36.1 Å². The third-order valence-electron chi connectivity index (χ3n) is 4.81. The maximum atomic E-state index is 13.2. The second-order valence-electron chi connectivity index (χ2n) is 6.40. The monoisotopic (exact) mass is 346 g/mol. The van der Waals surface area contributed by atoms with Crippen LogP contribution in [0.4, 0.5) is 13.2 Å². The number of amides is 1. The lowest BCUT2D eigenvalue weighted by Crippen LogP contribution is -2.57. The van der Waals surface area contributed by atoms with Crippen molar-refractivity contribution >= 4 is 17.5 Å². The zero-order valence-electron chi connectivity index (χ0n) is 12.7. The van der Waals surface area contributed by atoms with Crippen LogP contribution in [0.5, 0.6) is 0 Å². The number of nitrogens with one attached hydrogen (secondary N) is 1. The molecule has 2 aliphatic rings. The summed E-state index contributed by atoms with van der Waals surface area (Å²) in [6.07, 6.45) is -4.67. The molecule has 1 amide bonds. The van der Waals surface area contributed by atoms with Gasteiger partial charge in [-0.1, -0.05) is 23.7 Å². The molecule has 1 N–H and O–H groups in total. The van der Waals surface area contributed by atoms with Crippen LogP contribution in [0.2, 0.25) is 5.02 Å². The van der Waals surface area contributed by atoms with E-state index in [4.69, 9.17) is 11.6 Å². The lowest BCUT2D eigenvalue weighted by molar-refractivity contribution is -0.200. The number of carbonyl (C=O) groups excluding carboxylic acids is 1. The third kappa shape index (κ3) is 2.94. The first kappa shape index (κ1) is 16.6. The van der Waals surface area contributed by atoms with Crippen molar-refractivity contribution in [3.05, 3.63) is 34.9 Å². The van der Waals surface area contributed by atoms with Gasteiger partial charge in [-0.15, -0.1) is 0 Å². The number of halogens is 4. The highest BCUT2D eigenvalue weighted by atomic mass is 35.5. The minimum Gasteiger partial charge on any atom is -0.336 e. The van der Waals surface area contributed by atoms with E-state index in [9.17, 15) is 18.0 Å². The van der Waals surface area contributed by atoms with Crippen molar-refractivity contribution in [1.29, 1.82) is 0 Å². The lowest BCUT2D eigenvalue weighted by Gasteiger charge is -2.41. The van der Waals surface area contributed by atoms with Crippen LogP contribution in [-0.2, 0) is 4.79 Å². The van der Waals surface area contributed by atoms with Crippen molar-refractivity contribution in [3.8, 4) is 0 Å². The predicted octanol–water partition coefficient (Wildman–Crippen LogP) is 3.54. The molecule has 1 heterocycles. The zero-order chi connectivity index (χ0) is 16.8. The largest absolute Gasteiger partial charge is 0.403 e. The van der Waals surface area contributed by atoms with Crippen LogP contribution in [0, 0.1) is 5.41 Å². The number of rotatable bonds is 2. The van der Waals surface area contributed by atoms with Gasteiger partial charge in [0.1, 0.15) is 5.41 Å². The second-order valence-corrected chi connectivity index (χ2v) is 6.84. The van der Waals surface area contributed by atoms with E-state index in [-0.39, 0.29) is 31.5 Å². The molecule has 0 aromatic heterocycles. The van der Waals surface area contributed by atoms with E-state index in [1.807, 2.05) is 12.1 Å². The topological polar surface area (TPSA) is 32.3 Å². The summed E-state index contributed by atoms with van der Waals surface area (Å²) in [6.45, 7) is 2.47. The molecular formula is C16H18ClF3N2O. The summed E-state index contributed by atoms with van der Waals surface area (Å²) in [5, 5.41) is 3.88. The van der Waals surface area contributed by atoms with Gasteiger partial charge in [0.2, 0.25) is 5.91 Å². The highest BCUT2D eigenvalue weighted by Crippen LogP contribution is 2.59. The summed E-state index contributed by atoms with van der Waals surface area (Å²) in [7, 11) is 0. The summed E-state index contributed by atoms with van der Waals surface area (Å²) in [6, 6.07) is 6.69. The van der Waals surface area contributed by atoms with Gasteiger partial charge in [-0.25, -0.2) is 0 Å². The van der Waals surface area contributed by atoms with E-state index in [1.165, 1.54) is 4.90 Å². The fourth-order valence-electron chi connectivity index (χ4n) is 3.08. The Kier molecular flexibility index (Phi) is 4.09. The highest BCUT2D eigenvalue weighted by molar-refractivity contribution is 6.30. The van der Waals surface area contributed by atoms with E-state index in [0.29, 0.717) is 11.6 Å². The Bertz CT molecular complexity index is 598. The van der Waals surface area contributed by atoms with Crippen LogP contribution in [0.1, 0.15) is 31.4 Å². The first-order valence-corrected chi connectivity index (χ1v) is 7.99. The molecule has 7 heteroatoms. The summed E-state index contributed by atoms with van der Waals surface area (Å²) in [4.78, 5) is 13.9. The van der Waals surface area contributed by atoms with Crippen molar-refractivity contribution in [2.75, 3.05) is 13.1 Å². The van der Waals surface area contributed by atoms with Crippen LogP contribution >= 0.6 is 11.6 Å². The van der Waals surface area contributed by atoms with E-state index >= 15 is 0 Å².